The van der Waals surface area contributed by atoms with Gasteiger partial charge in [-0.3, -0.25) is 14.6 Å². The molecule has 0 aliphatic heterocycles. The fourth-order valence-corrected chi connectivity index (χ4v) is 2.65. The van der Waals surface area contributed by atoms with E-state index in [9.17, 15) is 9.59 Å². The largest absolute Gasteiger partial charge is 0.348 e. The number of pyridine rings is 2. The van der Waals surface area contributed by atoms with Gasteiger partial charge in [-0.2, -0.15) is 0 Å². The third-order valence-corrected chi connectivity index (χ3v) is 4.01. The Hall–Kier alpha value is -3.35. The van der Waals surface area contributed by atoms with Gasteiger partial charge in [0, 0.05) is 47.7 Å². The van der Waals surface area contributed by atoms with Crippen LogP contribution in [0.4, 0.5) is 0 Å². The highest BCUT2D eigenvalue weighted by molar-refractivity contribution is 5.76. The standard InChI is InChI=1S/C19H19N5O2/c1-13(22-17(25)12-24-10-4-3-5-18(24)26)16-11-21-19(23-14(16)2)15-6-8-20-9-7-15/h3-11,13H,12H2,1-2H3,(H,22,25)/t13-/m0/s1. The average Bonchev–Trinajstić information content (AvgIpc) is 2.64. The van der Waals surface area contributed by atoms with Gasteiger partial charge < -0.3 is 9.88 Å². The van der Waals surface area contributed by atoms with Crippen molar-refractivity contribution in [3.63, 3.8) is 0 Å². The molecule has 7 heteroatoms. The highest BCUT2D eigenvalue weighted by atomic mass is 16.2. The molecule has 132 valence electrons. The molecular formula is C19H19N5O2. The number of amides is 1. The van der Waals surface area contributed by atoms with E-state index in [0.717, 1.165) is 16.8 Å². The van der Waals surface area contributed by atoms with Crippen molar-refractivity contribution in [1.29, 1.82) is 0 Å². The number of nitrogens with zero attached hydrogens (tertiary/aromatic N) is 4. The SMILES string of the molecule is Cc1nc(-c2ccncc2)ncc1[C@H](C)NC(=O)Cn1ccccc1=O. The normalized spacial score (nSPS) is 11.8. The Bertz CT molecular complexity index is 969. The fourth-order valence-electron chi connectivity index (χ4n) is 2.65. The van der Waals surface area contributed by atoms with Crippen molar-refractivity contribution in [1.82, 2.24) is 24.8 Å². The Kier molecular flexibility index (Phi) is 5.17. The van der Waals surface area contributed by atoms with E-state index >= 15 is 0 Å². The monoisotopic (exact) mass is 349 g/mol. The number of aryl methyl sites for hydroxylation is 1. The van der Waals surface area contributed by atoms with Crippen molar-refractivity contribution in [2.75, 3.05) is 0 Å². The summed E-state index contributed by atoms with van der Waals surface area (Å²) in [7, 11) is 0. The summed E-state index contributed by atoms with van der Waals surface area (Å²) in [4.78, 5) is 36.8. The van der Waals surface area contributed by atoms with Crippen LogP contribution in [0.3, 0.4) is 0 Å². The summed E-state index contributed by atoms with van der Waals surface area (Å²) in [6.45, 7) is 3.72. The third-order valence-electron chi connectivity index (χ3n) is 4.01. The molecule has 0 saturated heterocycles. The van der Waals surface area contributed by atoms with E-state index in [2.05, 4.69) is 20.3 Å². The van der Waals surface area contributed by atoms with E-state index in [1.807, 2.05) is 26.0 Å². The molecule has 0 unspecified atom stereocenters. The average molecular weight is 349 g/mol. The first kappa shape index (κ1) is 17.5. The van der Waals surface area contributed by atoms with Crippen LogP contribution in [0.25, 0.3) is 11.4 Å². The molecule has 0 aromatic carbocycles. The number of aromatic nitrogens is 4. The topological polar surface area (TPSA) is 89.8 Å². The second kappa shape index (κ2) is 7.69. The molecule has 0 bridgehead atoms. The molecule has 7 nitrogen and oxygen atoms in total. The fraction of sp³-hybridized carbons (Fsp3) is 0.211. The van der Waals surface area contributed by atoms with E-state index in [4.69, 9.17) is 0 Å². The highest BCUT2D eigenvalue weighted by Crippen LogP contribution is 2.19. The van der Waals surface area contributed by atoms with E-state index in [1.54, 1.807) is 36.9 Å². The molecule has 0 aliphatic carbocycles. The summed E-state index contributed by atoms with van der Waals surface area (Å²) in [5.74, 6) is 0.367. The Morgan fingerprint density at radius 1 is 1.23 bits per heavy atom. The van der Waals surface area contributed by atoms with Crippen LogP contribution in [0.1, 0.15) is 24.2 Å². The van der Waals surface area contributed by atoms with Gasteiger partial charge >= 0.3 is 0 Å². The van der Waals surface area contributed by atoms with Crippen LogP contribution >= 0.6 is 0 Å². The third kappa shape index (κ3) is 4.00. The number of hydrogen-bond acceptors (Lipinski definition) is 5. The van der Waals surface area contributed by atoms with Gasteiger partial charge in [-0.25, -0.2) is 9.97 Å². The molecule has 0 aliphatic rings. The maximum atomic E-state index is 12.2. The number of nitrogens with one attached hydrogen (secondary N) is 1. The number of carbonyl (C=O) groups excluding carboxylic acids is 1. The van der Waals surface area contributed by atoms with Crippen LogP contribution in [0, 0.1) is 6.92 Å². The second-order valence-electron chi connectivity index (χ2n) is 5.93. The molecule has 0 radical (unpaired) electrons. The van der Waals surface area contributed by atoms with Gasteiger partial charge in [-0.05, 0) is 32.0 Å². The molecule has 26 heavy (non-hydrogen) atoms. The summed E-state index contributed by atoms with van der Waals surface area (Å²) in [6.07, 6.45) is 6.69. The Labute approximate surface area is 150 Å². The van der Waals surface area contributed by atoms with Gasteiger partial charge in [0.2, 0.25) is 5.91 Å². The van der Waals surface area contributed by atoms with Crippen molar-refractivity contribution in [3.8, 4) is 11.4 Å². The second-order valence-corrected chi connectivity index (χ2v) is 5.93. The predicted molar refractivity (Wildman–Crippen MR) is 97.3 cm³/mol. The summed E-state index contributed by atoms with van der Waals surface area (Å²) >= 11 is 0. The minimum Gasteiger partial charge on any atom is -0.348 e. The maximum Gasteiger partial charge on any atom is 0.250 e. The van der Waals surface area contributed by atoms with Crippen LogP contribution in [0.5, 0.6) is 0 Å². The summed E-state index contributed by atoms with van der Waals surface area (Å²) in [5, 5.41) is 2.88. The summed E-state index contributed by atoms with van der Waals surface area (Å²) in [5.41, 5.74) is 2.29. The maximum absolute atomic E-state index is 12.2. The zero-order valence-electron chi connectivity index (χ0n) is 14.6. The molecule has 1 N–H and O–H groups in total. The minimum absolute atomic E-state index is 0.0288. The minimum atomic E-state index is -0.270. The zero-order chi connectivity index (χ0) is 18.5. The van der Waals surface area contributed by atoms with Gasteiger partial charge in [-0.15, -0.1) is 0 Å². The van der Waals surface area contributed by atoms with Crippen molar-refractivity contribution in [2.24, 2.45) is 0 Å². The first-order chi connectivity index (χ1) is 12.5. The van der Waals surface area contributed by atoms with Crippen LogP contribution in [0.2, 0.25) is 0 Å². The molecule has 3 heterocycles. The van der Waals surface area contributed by atoms with E-state index in [1.165, 1.54) is 10.6 Å². The van der Waals surface area contributed by atoms with E-state index in [-0.39, 0.29) is 24.1 Å². The van der Waals surface area contributed by atoms with E-state index < -0.39 is 0 Å². The molecule has 3 rings (SSSR count). The first-order valence-corrected chi connectivity index (χ1v) is 8.23. The molecule has 1 amide bonds. The molecular weight excluding hydrogens is 330 g/mol. The molecule has 0 fully saturated rings. The lowest BCUT2D eigenvalue weighted by Gasteiger charge is -2.16. The highest BCUT2D eigenvalue weighted by Gasteiger charge is 2.15. The van der Waals surface area contributed by atoms with Crippen molar-refractivity contribution < 1.29 is 4.79 Å². The van der Waals surface area contributed by atoms with Gasteiger partial charge in [0.15, 0.2) is 5.82 Å². The molecule has 0 saturated carbocycles. The molecule has 3 aromatic heterocycles. The van der Waals surface area contributed by atoms with Crippen LogP contribution < -0.4 is 10.9 Å². The van der Waals surface area contributed by atoms with Gasteiger partial charge in [-0.1, -0.05) is 6.07 Å². The molecule has 3 aromatic rings. The summed E-state index contributed by atoms with van der Waals surface area (Å²) < 4.78 is 1.36. The Morgan fingerprint density at radius 3 is 2.69 bits per heavy atom. The lowest BCUT2D eigenvalue weighted by atomic mass is 10.1. The van der Waals surface area contributed by atoms with Gasteiger partial charge in [0.25, 0.3) is 5.56 Å². The van der Waals surface area contributed by atoms with Crippen LogP contribution in [-0.2, 0) is 11.3 Å². The Balaban J connectivity index is 1.71. The van der Waals surface area contributed by atoms with Crippen molar-refractivity contribution in [3.05, 3.63) is 76.7 Å². The predicted octanol–water partition coefficient (Wildman–Crippen LogP) is 1.89. The van der Waals surface area contributed by atoms with Gasteiger partial charge in [0.05, 0.1) is 6.04 Å². The van der Waals surface area contributed by atoms with Crippen molar-refractivity contribution in [2.45, 2.75) is 26.4 Å². The number of hydrogen-bond donors (Lipinski definition) is 1. The molecule has 1 atom stereocenters. The smallest absolute Gasteiger partial charge is 0.250 e. The van der Waals surface area contributed by atoms with Gasteiger partial charge in [0.1, 0.15) is 6.54 Å². The quantitative estimate of drug-likeness (QED) is 0.760. The number of carbonyl (C=O) groups is 1. The Morgan fingerprint density at radius 2 is 2.00 bits per heavy atom. The lowest BCUT2D eigenvalue weighted by Crippen LogP contribution is -2.33. The lowest BCUT2D eigenvalue weighted by molar-refractivity contribution is -0.122. The van der Waals surface area contributed by atoms with Crippen molar-refractivity contribution >= 4 is 5.91 Å². The number of rotatable bonds is 5. The van der Waals surface area contributed by atoms with E-state index in [0.29, 0.717) is 5.82 Å². The molecule has 0 spiro atoms. The van der Waals surface area contributed by atoms with Crippen LogP contribution in [-0.4, -0.2) is 25.4 Å². The first-order valence-electron chi connectivity index (χ1n) is 8.23. The zero-order valence-corrected chi connectivity index (χ0v) is 14.6. The summed E-state index contributed by atoms with van der Waals surface area (Å²) in [6, 6.07) is 8.20. The van der Waals surface area contributed by atoms with Crippen LogP contribution in [0.15, 0.2) is 59.9 Å².